The first-order valence-corrected chi connectivity index (χ1v) is 11.8. The number of nitriles is 1. The van der Waals surface area contributed by atoms with E-state index in [0.717, 1.165) is 16.7 Å². The molecule has 3 aliphatic heterocycles. The topological polar surface area (TPSA) is 73.2 Å². The quantitative estimate of drug-likeness (QED) is 0.687. The SMILES string of the molecule is Cc1ccccc1S(=O)(=O)N1C[C@@H]2N[C@H](C1)C2c1ccc(-c2ccc(C#N)cc2)cc1. The highest BCUT2D eigenvalue weighted by Crippen LogP contribution is 2.39. The minimum Gasteiger partial charge on any atom is -0.307 e. The molecular formula is C25H23N3O2S. The Bertz CT molecular complexity index is 1250. The fourth-order valence-corrected chi connectivity index (χ4v) is 6.49. The van der Waals surface area contributed by atoms with E-state index in [1.54, 1.807) is 16.4 Å². The largest absolute Gasteiger partial charge is 0.307 e. The van der Waals surface area contributed by atoms with Gasteiger partial charge < -0.3 is 5.32 Å². The lowest BCUT2D eigenvalue weighted by molar-refractivity contribution is 0.102. The Morgan fingerprint density at radius 2 is 1.48 bits per heavy atom. The lowest BCUT2D eigenvalue weighted by Gasteiger charge is -2.54. The summed E-state index contributed by atoms with van der Waals surface area (Å²) in [6, 6.07) is 25.6. The predicted octanol–water partition coefficient (Wildman–Crippen LogP) is 3.66. The highest BCUT2D eigenvalue weighted by atomic mass is 32.2. The van der Waals surface area contributed by atoms with Crippen molar-refractivity contribution in [1.82, 2.24) is 9.62 Å². The number of hydrogen-bond acceptors (Lipinski definition) is 4. The Balaban J connectivity index is 1.32. The lowest BCUT2D eigenvalue weighted by Crippen LogP contribution is -2.72. The molecule has 3 saturated heterocycles. The lowest BCUT2D eigenvalue weighted by atomic mass is 9.75. The summed E-state index contributed by atoms with van der Waals surface area (Å²) in [6.07, 6.45) is 0. The highest BCUT2D eigenvalue weighted by molar-refractivity contribution is 7.89. The zero-order chi connectivity index (χ0) is 21.6. The van der Waals surface area contributed by atoms with E-state index in [-0.39, 0.29) is 12.1 Å². The average molecular weight is 430 g/mol. The van der Waals surface area contributed by atoms with E-state index in [1.807, 2.05) is 43.3 Å². The predicted molar refractivity (Wildman–Crippen MR) is 120 cm³/mol. The Morgan fingerprint density at radius 3 is 2.06 bits per heavy atom. The molecule has 3 heterocycles. The second-order valence-corrected chi connectivity index (χ2v) is 10.2. The van der Waals surface area contributed by atoms with Crippen LogP contribution in [0.15, 0.2) is 77.7 Å². The Hall–Kier alpha value is -2.98. The number of piperidine rings is 1. The second-order valence-electron chi connectivity index (χ2n) is 8.30. The van der Waals surface area contributed by atoms with Crippen LogP contribution in [0.4, 0.5) is 0 Å². The van der Waals surface area contributed by atoms with E-state index in [9.17, 15) is 8.42 Å². The molecule has 3 fully saturated rings. The molecule has 6 rings (SSSR count). The van der Waals surface area contributed by atoms with E-state index in [0.29, 0.717) is 29.5 Å². The summed E-state index contributed by atoms with van der Waals surface area (Å²) in [5.74, 6) is 0.318. The summed E-state index contributed by atoms with van der Waals surface area (Å²) in [5.41, 5.74) is 4.85. The summed E-state index contributed by atoms with van der Waals surface area (Å²) in [6.45, 7) is 2.80. The molecule has 0 aromatic heterocycles. The van der Waals surface area contributed by atoms with Gasteiger partial charge in [0.25, 0.3) is 0 Å². The number of sulfonamides is 1. The van der Waals surface area contributed by atoms with Crippen molar-refractivity contribution >= 4 is 10.0 Å². The molecule has 3 atom stereocenters. The van der Waals surface area contributed by atoms with Gasteiger partial charge in [-0.2, -0.15) is 9.57 Å². The molecule has 0 saturated carbocycles. The first-order chi connectivity index (χ1) is 15.0. The molecule has 3 aliphatic rings. The van der Waals surface area contributed by atoms with Crippen LogP contribution in [0.5, 0.6) is 0 Å². The Kier molecular flexibility index (Phi) is 4.90. The molecule has 0 spiro atoms. The number of nitrogens with one attached hydrogen (secondary N) is 1. The number of benzene rings is 3. The van der Waals surface area contributed by atoms with Crippen molar-refractivity contribution in [2.24, 2.45) is 0 Å². The number of nitrogens with zero attached hydrogens (tertiary/aromatic N) is 2. The Labute approximate surface area is 183 Å². The van der Waals surface area contributed by atoms with Crippen LogP contribution < -0.4 is 5.32 Å². The van der Waals surface area contributed by atoms with Crippen molar-refractivity contribution in [1.29, 1.82) is 5.26 Å². The second kappa shape index (κ2) is 7.61. The van der Waals surface area contributed by atoms with Gasteiger partial charge in [-0.15, -0.1) is 0 Å². The van der Waals surface area contributed by atoms with Gasteiger partial charge in [0.2, 0.25) is 10.0 Å². The smallest absolute Gasteiger partial charge is 0.243 e. The van der Waals surface area contributed by atoms with Gasteiger partial charge in [-0.1, -0.05) is 54.6 Å². The van der Waals surface area contributed by atoms with Gasteiger partial charge in [-0.3, -0.25) is 0 Å². The summed E-state index contributed by atoms with van der Waals surface area (Å²) < 4.78 is 27.9. The molecule has 1 N–H and O–H groups in total. The molecule has 3 aromatic carbocycles. The van der Waals surface area contributed by atoms with Gasteiger partial charge in [0.15, 0.2) is 0 Å². The molecule has 31 heavy (non-hydrogen) atoms. The van der Waals surface area contributed by atoms with Crippen molar-refractivity contribution in [3.8, 4) is 17.2 Å². The van der Waals surface area contributed by atoms with Crippen molar-refractivity contribution in [2.75, 3.05) is 13.1 Å². The fraction of sp³-hybridized carbons (Fsp3) is 0.240. The van der Waals surface area contributed by atoms with Crippen molar-refractivity contribution in [3.63, 3.8) is 0 Å². The van der Waals surface area contributed by atoms with Crippen LogP contribution >= 0.6 is 0 Å². The summed E-state index contributed by atoms with van der Waals surface area (Å²) in [4.78, 5) is 0.402. The van der Waals surface area contributed by atoms with E-state index >= 15 is 0 Å². The van der Waals surface area contributed by atoms with Crippen LogP contribution in [0.25, 0.3) is 11.1 Å². The van der Waals surface area contributed by atoms with Crippen LogP contribution in [0.2, 0.25) is 0 Å². The molecule has 156 valence electrons. The number of hydrogen-bond donors (Lipinski definition) is 1. The van der Waals surface area contributed by atoms with Crippen molar-refractivity contribution < 1.29 is 8.42 Å². The maximum atomic E-state index is 13.1. The van der Waals surface area contributed by atoms with Gasteiger partial charge in [-0.05, 0) is 47.4 Å². The van der Waals surface area contributed by atoms with Gasteiger partial charge in [0.05, 0.1) is 16.5 Å². The van der Waals surface area contributed by atoms with Gasteiger partial charge >= 0.3 is 0 Å². The van der Waals surface area contributed by atoms with Gasteiger partial charge in [-0.25, -0.2) is 8.42 Å². The molecule has 0 radical (unpaired) electrons. The van der Waals surface area contributed by atoms with Crippen LogP contribution in [-0.4, -0.2) is 37.9 Å². The minimum absolute atomic E-state index is 0.123. The molecule has 1 unspecified atom stereocenters. The highest BCUT2D eigenvalue weighted by Gasteiger charge is 2.49. The number of piperazine rings is 1. The molecule has 3 aromatic rings. The minimum atomic E-state index is -3.48. The van der Waals surface area contributed by atoms with E-state index in [4.69, 9.17) is 5.26 Å². The van der Waals surface area contributed by atoms with E-state index in [1.165, 1.54) is 5.56 Å². The normalized spacial score (nSPS) is 23.0. The number of rotatable bonds is 4. The first kappa shape index (κ1) is 20.0. The molecule has 5 nitrogen and oxygen atoms in total. The summed E-state index contributed by atoms with van der Waals surface area (Å²) in [5, 5.41) is 12.5. The molecule has 2 bridgehead atoms. The molecular weight excluding hydrogens is 406 g/mol. The third-order valence-electron chi connectivity index (χ3n) is 6.45. The molecule has 6 heteroatoms. The third kappa shape index (κ3) is 3.45. The van der Waals surface area contributed by atoms with Crippen LogP contribution in [0.3, 0.4) is 0 Å². The van der Waals surface area contributed by atoms with Crippen LogP contribution in [-0.2, 0) is 10.0 Å². The van der Waals surface area contributed by atoms with E-state index < -0.39 is 10.0 Å². The molecule has 0 amide bonds. The van der Waals surface area contributed by atoms with Crippen molar-refractivity contribution in [2.45, 2.75) is 29.8 Å². The number of fused-ring (bicyclic) bond motifs is 2. The Morgan fingerprint density at radius 1 is 0.903 bits per heavy atom. The summed E-state index contributed by atoms with van der Waals surface area (Å²) in [7, 11) is -3.48. The van der Waals surface area contributed by atoms with Crippen molar-refractivity contribution in [3.05, 3.63) is 89.5 Å². The fourth-order valence-electron chi connectivity index (χ4n) is 4.77. The monoisotopic (exact) mass is 429 g/mol. The molecule has 0 aliphatic carbocycles. The van der Waals surface area contributed by atoms with Crippen LogP contribution in [0, 0.1) is 18.3 Å². The van der Waals surface area contributed by atoms with Gasteiger partial charge in [0.1, 0.15) is 0 Å². The maximum absolute atomic E-state index is 13.1. The number of aryl methyl sites for hydroxylation is 1. The standard InChI is InChI=1S/C25H23N3O2S/c1-17-4-2-3-5-24(17)31(29,30)28-15-22-25(23(16-28)27-22)21-12-10-20(11-13-21)19-8-6-18(14-26)7-9-19/h2-13,22-23,25,27H,15-16H2,1H3/t22-,23+,25?. The third-order valence-corrected chi connectivity index (χ3v) is 8.44. The summed E-state index contributed by atoms with van der Waals surface area (Å²) >= 11 is 0. The van der Waals surface area contributed by atoms with Crippen LogP contribution in [0.1, 0.15) is 22.6 Å². The maximum Gasteiger partial charge on any atom is 0.243 e. The zero-order valence-electron chi connectivity index (χ0n) is 17.2. The average Bonchev–Trinajstić information content (AvgIpc) is 2.80. The van der Waals surface area contributed by atoms with E-state index in [2.05, 4.69) is 35.7 Å². The van der Waals surface area contributed by atoms with Gasteiger partial charge in [0, 0.05) is 31.1 Å². The zero-order valence-corrected chi connectivity index (χ0v) is 18.0. The first-order valence-electron chi connectivity index (χ1n) is 10.4.